The van der Waals surface area contributed by atoms with Gasteiger partial charge in [-0.25, -0.2) is 17.4 Å². The van der Waals surface area contributed by atoms with Crippen molar-refractivity contribution in [2.24, 2.45) is 7.05 Å². The number of fused-ring (bicyclic) bond motifs is 1. The molecular formula is C18H25N5O2S2. The summed E-state index contributed by atoms with van der Waals surface area (Å²) in [6, 6.07) is 5.42. The Kier molecular flexibility index (Phi) is 4.64. The van der Waals surface area contributed by atoms with E-state index in [9.17, 15) is 8.42 Å². The molecule has 0 amide bonds. The number of aromatic nitrogens is 3. The van der Waals surface area contributed by atoms with Crippen LogP contribution in [0.4, 0.5) is 5.69 Å². The van der Waals surface area contributed by atoms with Crippen molar-refractivity contribution in [3.8, 4) is 0 Å². The van der Waals surface area contributed by atoms with Crippen LogP contribution in [-0.4, -0.2) is 47.7 Å². The molecule has 0 bridgehead atoms. The first-order chi connectivity index (χ1) is 12.8. The molecule has 1 aromatic heterocycles. The van der Waals surface area contributed by atoms with Gasteiger partial charge in [-0.15, -0.1) is 0 Å². The SMILES string of the molecule is CN(C)S(=O)(=O)c1ccc2c(c1)CCCN2Cn1nc(C2CC2)n(C)c1=S. The predicted octanol–water partition coefficient (Wildman–Crippen LogP) is 2.49. The molecule has 27 heavy (non-hydrogen) atoms. The zero-order valence-electron chi connectivity index (χ0n) is 15.9. The van der Waals surface area contributed by atoms with Crippen molar-refractivity contribution in [2.75, 3.05) is 25.5 Å². The lowest BCUT2D eigenvalue weighted by Gasteiger charge is -2.31. The Hall–Kier alpha value is -1.71. The standard InChI is InChI=1S/C18H25N5O2S2/c1-20(2)27(24,25)15-8-9-16-14(11-15)5-4-10-22(16)12-23-18(26)21(3)17(19-23)13-6-7-13/h8-9,11,13H,4-7,10,12H2,1-3H3. The smallest absolute Gasteiger partial charge is 0.242 e. The number of sulfonamides is 1. The van der Waals surface area contributed by atoms with E-state index >= 15 is 0 Å². The van der Waals surface area contributed by atoms with Crippen LogP contribution < -0.4 is 4.90 Å². The molecule has 0 saturated heterocycles. The first kappa shape index (κ1) is 18.6. The Bertz CT molecular complexity index is 1030. The average molecular weight is 408 g/mol. The Morgan fingerprint density at radius 2 is 2.04 bits per heavy atom. The number of aryl methyl sites for hydroxylation is 1. The zero-order chi connectivity index (χ0) is 19.3. The molecule has 1 saturated carbocycles. The normalized spacial score (nSPS) is 17.4. The van der Waals surface area contributed by atoms with Crippen molar-refractivity contribution < 1.29 is 8.42 Å². The summed E-state index contributed by atoms with van der Waals surface area (Å²) in [6.07, 6.45) is 4.24. The topological polar surface area (TPSA) is 63.4 Å². The van der Waals surface area contributed by atoms with E-state index in [1.54, 1.807) is 20.2 Å². The van der Waals surface area contributed by atoms with Gasteiger partial charge >= 0.3 is 0 Å². The maximum atomic E-state index is 12.4. The number of nitrogens with zero attached hydrogens (tertiary/aromatic N) is 5. The molecule has 1 aliphatic heterocycles. The molecule has 1 fully saturated rings. The quantitative estimate of drug-likeness (QED) is 0.713. The van der Waals surface area contributed by atoms with Gasteiger partial charge < -0.3 is 9.47 Å². The molecule has 1 aromatic carbocycles. The third kappa shape index (κ3) is 3.32. The van der Waals surface area contributed by atoms with Crippen molar-refractivity contribution in [3.05, 3.63) is 34.4 Å². The van der Waals surface area contributed by atoms with Crippen molar-refractivity contribution in [2.45, 2.75) is 43.2 Å². The molecule has 2 aliphatic rings. The van der Waals surface area contributed by atoms with Gasteiger partial charge in [0.25, 0.3) is 0 Å². The van der Waals surface area contributed by atoms with Gasteiger partial charge in [0.05, 0.1) is 4.90 Å². The summed E-state index contributed by atoms with van der Waals surface area (Å²) < 4.78 is 30.7. The monoisotopic (exact) mass is 407 g/mol. The van der Waals surface area contributed by atoms with Gasteiger partial charge in [0.2, 0.25) is 10.0 Å². The first-order valence-electron chi connectivity index (χ1n) is 9.23. The van der Waals surface area contributed by atoms with E-state index in [-0.39, 0.29) is 0 Å². The zero-order valence-corrected chi connectivity index (χ0v) is 17.6. The largest absolute Gasteiger partial charge is 0.352 e. The summed E-state index contributed by atoms with van der Waals surface area (Å²) in [4.78, 5) is 2.59. The van der Waals surface area contributed by atoms with Crippen LogP contribution in [-0.2, 0) is 30.2 Å². The molecule has 4 rings (SSSR count). The van der Waals surface area contributed by atoms with Gasteiger partial charge in [-0.1, -0.05) is 0 Å². The molecule has 2 heterocycles. The minimum Gasteiger partial charge on any atom is -0.352 e. The number of hydrogen-bond acceptors (Lipinski definition) is 5. The molecule has 0 atom stereocenters. The predicted molar refractivity (Wildman–Crippen MR) is 107 cm³/mol. The highest BCUT2D eigenvalue weighted by molar-refractivity contribution is 7.89. The third-order valence-electron chi connectivity index (χ3n) is 5.37. The number of rotatable bonds is 5. The van der Waals surface area contributed by atoms with Gasteiger partial charge in [0, 0.05) is 39.3 Å². The molecule has 0 radical (unpaired) electrons. The lowest BCUT2D eigenvalue weighted by Crippen LogP contribution is -2.32. The Morgan fingerprint density at radius 1 is 1.30 bits per heavy atom. The first-order valence-corrected chi connectivity index (χ1v) is 11.1. The summed E-state index contributed by atoms with van der Waals surface area (Å²) in [7, 11) is 1.68. The van der Waals surface area contributed by atoms with Gasteiger partial charge in [0.15, 0.2) is 4.77 Å². The Labute approximate surface area is 165 Å². The van der Waals surface area contributed by atoms with Crippen LogP contribution in [0.2, 0.25) is 0 Å². The van der Waals surface area contributed by atoms with Crippen LogP contribution in [0.25, 0.3) is 0 Å². The number of hydrogen-bond donors (Lipinski definition) is 0. The summed E-state index contributed by atoms with van der Waals surface area (Å²) in [6.45, 7) is 1.50. The maximum Gasteiger partial charge on any atom is 0.242 e. The molecule has 1 aliphatic carbocycles. The van der Waals surface area contributed by atoms with E-state index in [0.717, 1.165) is 41.2 Å². The fourth-order valence-electron chi connectivity index (χ4n) is 3.63. The van der Waals surface area contributed by atoms with Crippen molar-refractivity contribution in [1.29, 1.82) is 0 Å². The molecule has 7 nitrogen and oxygen atoms in total. The molecule has 0 N–H and O–H groups in total. The van der Waals surface area contributed by atoms with E-state index < -0.39 is 10.0 Å². The van der Waals surface area contributed by atoms with Crippen molar-refractivity contribution in [3.63, 3.8) is 0 Å². The van der Waals surface area contributed by atoms with Crippen molar-refractivity contribution in [1.82, 2.24) is 18.7 Å². The lowest BCUT2D eigenvalue weighted by atomic mass is 10.0. The average Bonchev–Trinajstić information content (AvgIpc) is 3.44. The Balaban J connectivity index is 1.64. The molecule has 146 valence electrons. The van der Waals surface area contributed by atoms with Gasteiger partial charge in [0.1, 0.15) is 12.5 Å². The minimum atomic E-state index is -3.42. The minimum absolute atomic E-state index is 0.346. The summed E-state index contributed by atoms with van der Waals surface area (Å²) in [5.41, 5.74) is 2.13. The van der Waals surface area contributed by atoms with Gasteiger partial charge in [-0.05, 0) is 61.7 Å². The maximum absolute atomic E-state index is 12.4. The second kappa shape index (κ2) is 6.72. The van der Waals surface area contributed by atoms with Gasteiger partial charge in [-0.2, -0.15) is 5.10 Å². The van der Waals surface area contributed by atoms with Crippen LogP contribution in [0.15, 0.2) is 23.1 Å². The fraction of sp³-hybridized carbons (Fsp3) is 0.556. The summed E-state index contributed by atoms with van der Waals surface area (Å²) in [5.74, 6) is 1.62. The molecular weight excluding hydrogens is 382 g/mol. The second-order valence-corrected chi connectivity index (χ2v) is 10.1. The highest BCUT2D eigenvalue weighted by atomic mass is 32.2. The lowest BCUT2D eigenvalue weighted by molar-refractivity contribution is 0.519. The van der Waals surface area contributed by atoms with Crippen LogP contribution in [0.5, 0.6) is 0 Å². The number of anilines is 1. The van der Waals surface area contributed by atoms with E-state index in [1.807, 2.05) is 28.4 Å². The summed E-state index contributed by atoms with van der Waals surface area (Å²) >= 11 is 5.58. The van der Waals surface area contributed by atoms with E-state index in [4.69, 9.17) is 17.3 Å². The highest BCUT2D eigenvalue weighted by Crippen LogP contribution is 2.39. The van der Waals surface area contributed by atoms with E-state index in [0.29, 0.717) is 17.5 Å². The van der Waals surface area contributed by atoms with Crippen LogP contribution in [0, 0.1) is 4.77 Å². The van der Waals surface area contributed by atoms with Crippen LogP contribution >= 0.6 is 12.2 Å². The second-order valence-electron chi connectivity index (χ2n) is 7.56. The Morgan fingerprint density at radius 3 is 2.70 bits per heavy atom. The van der Waals surface area contributed by atoms with Crippen molar-refractivity contribution >= 4 is 27.9 Å². The fourth-order valence-corrected chi connectivity index (χ4v) is 4.77. The molecule has 9 heteroatoms. The van der Waals surface area contributed by atoms with E-state index in [2.05, 4.69) is 4.90 Å². The summed E-state index contributed by atoms with van der Waals surface area (Å²) in [5, 5.41) is 4.75. The van der Waals surface area contributed by atoms with Crippen LogP contribution in [0.3, 0.4) is 0 Å². The molecule has 0 spiro atoms. The van der Waals surface area contributed by atoms with E-state index in [1.165, 1.54) is 17.1 Å². The molecule has 2 aromatic rings. The molecule has 0 unspecified atom stereocenters. The number of benzene rings is 1. The van der Waals surface area contributed by atoms with Crippen LogP contribution in [0.1, 0.15) is 36.6 Å². The van der Waals surface area contributed by atoms with Gasteiger partial charge in [-0.3, -0.25) is 0 Å². The third-order valence-corrected chi connectivity index (χ3v) is 7.66. The highest BCUT2D eigenvalue weighted by Gasteiger charge is 2.29.